The van der Waals surface area contributed by atoms with Crippen molar-refractivity contribution in [3.63, 3.8) is 0 Å². The maximum absolute atomic E-state index is 13.1. The van der Waals surface area contributed by atoms with E-state index in [1.165, 1.54) is 13.2 Å². The average Bonchev–Trinajstić information content (AvgIpc) is 3.07. The minimum atomic E-state index is -3.79. The summed E-state index contributed by atoms with van der Waals surface area (Å²) in [5.41, 5.74) is 4.75. The Labute approximate surface area is 182 Å². The Kier molecular flexibility index (Phi) is 6.50. The molecule has 0 bridgehead atoms. The van der Waals surface area contributed by atoms with Crippen LogP contribution in [0.1, 0.15) is 28.8 Å². The lowest BCUT2D eigenvalue weighted by atomic mass is 10.1. The minimum absolute atomic E-state index is 0.0143. The molecule has 0 saturated heterocycles. The number of aryl methyl sites for hydroxylation is 3. The van der Waals surface area contributed by atoms with Crippen LogP contribution in [0.5, 0.6) is 5.75 Å². The van der Waals surface area contributed by atoms with Gasteiger partial charge in [-0.2, -0.15) is 0 Å². The van der Waals surface area contributed by atoms with Crippen LogP contribution in [0, 0.1) is 27.7 Å². The number of carbonyl (C=O) groups excluding carboxylic acids is 1. The number of benzene rings is 2. The largest absolute Gasteiger partial charge is 0.495 e. The second-order valence-electron chi connectivity index (χ2n) is 7.52. The summed E-state index contributed by atoms with van der Waals surface area (Å²) < 4.78 is 36.7. The number of amides is 1. The van der Waals surface area contributed by atoms with E-state index < -0.39 is 9.84 Å². The van der Waals surface area contributed by atoms with Crippen molar-refractivity contribution in [1.82, 2.24) is 5.16 Å². The standard InChI is InChI=1S/C23H26N2O5S/c1-14-6-7-15(2)19(12-14)24-22(26)10-11-31(27,28)21-13-18(8-9-20(21)29-5)23-16(3)17(4)25-30-23/h6-9,12-13H,10-11H2,1-5H3,(H,24,26). The van der Waals surface area contributed by atoms with Gasteiger partial charge in [0.1, 0.15) is 10.6 Å². The Hall–Kier alpha value is -3.13. The molecule has 0 aliphatic heterocycles. The maximum atomic E-state index is 13.1. The summed E-state index contributed by atoms with van der Waals surface area (Å²) in [6.07, 6.45) is -0.177. The molecule has 0 fully saturated rings. The van der Waals surface area contributed by atoms with Crippen LogP contribution in [0.15, 0.2) is 45.8 Å². The Morgan fingerprint density at radius 1 is 1.10 bits per heavy atom. The van der Waals surface area contributed by atoms with Gasteiger partial charge in [0, 0.05) is 23.2 Å². The van der Waals surface area contributed by atoms with Crippen molar-refractivity contribution in [2.24, 2.45) is 0 Å². The van der Waals surface area contributed by atoms with E-state index in [4.69, 9.17) is 9.26 Å². The summed E-state index contributed by atoms with van der Waals surface area (Å²) in [7, 11) is -2.39. The molecule has 0 saturated carbocycles. The highest BCUT2D eigenvalue weighted by Gasteiger charge is 2.23. The number of carbonyl (C=O) groups is 1. The Morgan fingerprint density at radius 3 is 2.48 bits per heavy atom. The van der Waals surface area contributed by atoms with Gasteiger partial charge in [-0.3, -0.25) is 4.79 Å². The van der Waals surface area contributed by atoms with Gasteiger partial charge >= 0.3 is 0 Å². The number of nitrogens with zero attached hydrogens (tertiary/aromatic N) is 1. The molecule has 0 unspecified atom stereocenters. The summed E-state index contributed by atoms with van der Waals surface area (Å²) in [4.78, 5) is 12.4. The molecule has 8 heteroatoms. The number of anilines is 1. The van der Waals surface area contributed by atoms with Crippen molar-refractivity contribution in [2.75, 3.05) is 18.2 Å². The molecule has 1 amide bonds. The van der Waals surface area contributed by atoms with Gasteiger partial charge in [-0.1, -0.05) is 17.3 Å². The Balaban J connectivity index is 1.82. The molecule has 2 aromatic carbocycles. The van der Waals surface area contributed by atoms with Crippen molar-refractivity contribution in [3.05, 3.63) is 58.8 Å². The van der Waals surface area contributed by atoms with Gasteiger partial charge in [0.15, 0.2) is 15.6 Å². The fourth-order valence-electron chi connectivity index (χ4n) is 3.17. The van der Waals surface area contributed by atoms with E-state index in [1.54, 1.807) is 12.1 Å². The predicted molar refractivity (Wildman–Crippen MR) is 119 cm³/mol. The third-order valence-corrected chi connectivity index (χ3v) is 6.91. The van der Waals surface area contributed by atoms with Crippen molar-refractivity contribution in [3.8, 4) is 17.1 Å². The van der Waals surface area contributed by atoms with Crippen molar-refractivity contribution >= 4 is 21.4 Å². The van der Waals surface area contributed by atoms with E-state index in [2.05, 4.69) is 10.5 Å². The molecule has 0 aliphatic rings. The molecular weight excluding hydrogens is 416 g/mol. The van der Waals surface area contributed by atoms with E-state index in [0.717, 1.165) is 22.4 Å². The van der Waals surface area contributed by atoms with Crippen LogP contribution in [-0.2, 0) is 14.6 Å². The van der Waals surface area contributed by atoms with E-state index in [-0.39, 0.29) is 28.7 Å². The fraction of sp³-hybridized carbons (Fsp3) is 0.304. The molecule has 164 valence electrons. The second kappa shape index (κ2) is 8.93. The zero-order valence-corrected chi connectivity index (χ0v) is 19.1. The first-order chi connectivity index (χ1) is 14.6. The molecule has 3 rings (SSSR count). The normalized spacial score (nSPS) is 11.4. The highest BCUT2D eigenvalue weighted by molar-refractivity contribution is 7.91. The van der Waals surface area contributed by atoms with E-state index in [1.807, 2.05) is 45.9 Å². The van der Waals surface area contributed by atoms with Crippen molar-refractivity contribution in [1.29, 1.82) is 0 Å². The van der Waals surface area contributed by atoms with Gasteiger partial charge in [0.05, 0.1) is 18.6 Å². The van der Waals surface area contributed by atoms with Gasteiger partial charge in [0.2, 0.25) is 5.91 Å². The van der Waals surface area contributed by atoms with Crippen LogP contribution in [0.2, 0.25) is 0 Å². The minimum Gasteiger partial charge on any atom is -0.495 e. The first kappa shape index (κ1) is 22.6. The number of hydrogen-bond acceptors (Lipinski definition) is 6. The third-order valence-electron chi connectivity index (χ3n) is 5.18. The number of aromatic nitrogens is 1. The zero-order valence-electron chi connectivity index (χ0n) is 18.3. The average molecular weight is 443 g/mol. The van der Waals surface area contributed by atoms with Gasteiger partial charge < -0.3 is 14.6 Å². The molecule has 0 atom stereocenters. The van der Waals surface area contributed by atoms with Crippen molar-refractivity contribution < 1.29 is 22.5 Å². The molecular formula is C23H26N2O5S. The molecule has 1 aromatic heterocycles. The molecule has 7 nitrogen and oxygen atoms in total. The highest BCUT2D eigenvalue weighted by Crippen LogP contribution is 2.33. The van der Waals surface area contributed by atoms with E-state index >= 15 is 0 Å². The first-order valence-corrected chi connectivity index (χ1v) is 11.5. The molecule has 3 aromatic rings. The summed E-state index contributed by atoms with van der Waals surface area (Å²) in [6.45, 7) is 7.49. The van der Waals surface area contributed by atoms with Crippen LogP contribution in [0.3, 0.4) is 0 Å². The number of ether oxygens (including phenoxy) is 1. The smallest absolute Gasteiger partial charge is 0.225 e. The van der Waals surface area contributed by atoms with Crippen LogP contribution in [0.25, 0.3) is 11.3 Å². The lowest BCUT2D eigenvalue weighted by Crippen LogP contribution is -2.18. The Morgan fingerprint density at radius 2 is 1.84 bits per heavy atom. The van der Waals surface area contributed by atoms with Gasteiger partial charge in [-0.25, -0.2) is 8.42 Å². The lowest BCUT2D eigenvalue weighted by Gasteiger charge is -2.12. The third kappa shape index (κ3) is 4.96. The van der Waals surface area contributed by atoms with Crippen LogP contribution in [-0.4, -0.2) is 32.3 Å². The van der Waals surface area contributed by atoms with Crippen LogP contribution < -0.4 is 10.1 Å². The summed E-state index contributed by atoms with van der Waals surface area (Å²) in [6, 6.07) is 10.5. The highest BCUT2D eigenvalue weighted by atomic mass is 32.2. The van der Waals surface area contributed by atoms with Gasteiger partial charge in [-0.05, 0) is 63.1 Å². The van der Waals surface area contributed by atoms with Crippen LogP contribution in [0.4, 0.5) is 5.69 Å². The fourth-order valence-corrected chi connectivity index (χ4v) is 4.60. The molecule has 0 radical (unpaired) electrons. The molecule has 1 heterocycles. The zero-order chi connectivity index (χ0) is 22.8. The molecule has 0 spiro atoms. The van der Waals surface area contributed by atoms with Crippen molar-refractivity contribution in [2.45, 2.75) is 39.0 Å². The van der Waals surface area contributed by atoms with E-state index in [9.17, 15) is 13.2 Å². The molecule has 31 heavy (non-hydrogen) atoms. The summed E-state index contributed by atoms with van der Waals surface area (Å²) in [5, 5.41) is 6.72. The number of methoxy groups -OCH3 is 1. The second-order valence-corrected chi connectivity index (χ2v) is 9.60. The summed E-state index contributed by atoms with van der Waals surface area (Å²) >= 11 is 0. The molecule has 0 aliphatic carbocycles. The number of hydrogen-bond donors (Lipinski definition) is 1. The predicted octanol–water partition coefficient (Wildman–Crippen LogP) is 4.39. The van der Waals surface area contributed by atoms with Crippen LogP contribution >= 0.6 is 0 Å². The maximum Gasteiger partial charge on any atom is 0.225 e. The topological polar surface area (TPSA) is 98.5 Å². The number of nitrogens with one attached hydrogen (secondary N) is 1. The molecule has 1 N–H and O–H groups in total. The van der Waals surface area contributed by atoms with E-state index in [0.29, 0.717) is 17.0 Å². The first-order valence-electron chi connectivity index (χ1n) is 9.83. The number of sulfone groups is 1. The quantitative estimate of drug-likeness (QED) is 0.583. The SMILES string of the molecule is COc1ccc(-c2onc(C)c2C)cc1S(=O)(=O)CCC(=O)Nc1cc(C)ccc1C. The van der Waals surface area contributed by atoms with Gasteiger partial charge in [-0.15, -0.1) is 0 Å². The Bertz CT molecular complexity index is 1230. The number of rotatable bonds is 7. The monoisotopic (exact) mass is 442 g/mol. The summed E-state index contributed by atoms with van der Waals surface area (Å²) in [5.74, 6) is 0.00345. The lowest BCUT2D eigenvalue weighted by molar-refractivity contribution is -0.115. The van der Waals surface area contributed by atoms with Gasteiger partial charge in [0.25, 0.3) is 0 Å².